The smallest absolute Gasteiger partial charge is 0.303 e. The lowest BCUT2D eigenvalue weighted by Gasteiger charge is -1.89. The van der Waals surface area contributed by atoms with Crippen LogP contribution in [0, 0.1) is 0 Å². The number of unbranched alkanes of at least 4 members (excludes halogenated alkanes) is 1. The van der Waals surface area contributed by atoms with Crippen LogP contribution in [0.3, 0.4) is 0 Å². The highest BCUT2D eigenvalue weighted by atomic mass is 16.4. The van der Waals surface area contributed by atoms with Gasteiger partial charge in [-0.25, -0.2) is 0 Å². The molecule has 0 fully saturated rings. The molecule has 0 aliphatic rings. The average Bonchev–Trinajstić information content (AvgIpc) is 1.96. The Hall–Kier alpha value is -0.830. The number of allylic oxidation sites excluding steroid dienone is 2. The Kier molecular flexibility index (Phi) is 6.73. The predicted molar refractivity (Wildman–Crippen MR) is 44.3 cm³/mol. The zero-order valence-corrected chi connectivity index (χ0v) is 6.62. The Labute approximate surface area is 66.9 Å². The number of rotatable bonds is 6. The molecule has 0 bridgehead atoms. The highest BCUT2D eigenvalue weighted by Crippen LogP contribution is 1.94. The molecule has 0 amide bonds. The van der Waals surface area contributed by atoms with Crippen LogP contribution < -0.4 is 5.73 Å². The lowest BCUT2D eigenvalue weighted by molar-refractivity contribution is -0.136. The fourth-order valence-corrected chi connectivity index (χ4v) is 0.678. The molecule has 0 aromatic carbocycles. The van der Waals surface area contributed by atoms with Crippen LogP contribution in [-0.4, -0.2) is 17.6 Å². The molecule has 0 aromatic heterocycles. The summed E-state index contributed by atoms with van der Waals surface area (Å²) < 4.78 is 0. The van der Waals surface area contributed by atoms with Gasteiger partial charge in [-0.1, -0.05) is 12.2 Å². The van der Waals surface area contributed by atoms with E-state index in [1.165, 1.54) is 0 Å². The quantitative estimate of drug-likeness (QED) is 0.449. The van der Waals surface area contributed by atoms with E-state index in [1.54, 1.807) is 0 Å². The van der Waals surface area contributed by atoms with E-state index >= 15 is 0 Å². The number of hydrogen-bond donors (Lipinski definition) is 2. The summed E-state index contributed by atoms with van der Waals surface area (Å²) in [5.74, 6) is -0.742. The SMILES string of the molecule is NCCC/C=C\CCC(=O)O. The summed E-state index contributed by atoms with van der Waals surface area (Å²) in [5, 5.41) is 8.26. The summed E-state index contributed by atoms with van der Waals surface area (Å²) in [4.78, 5) is 10.0. The molecule has 0 aliphatic carbocycles. The summed E-state index contributed by atoms with van der Waals surface area (Å²) in [6.07, 6.45) is 6.65. The number of hydrogen-bond acceptors (Lipinski definition) is 2. The van der Waals surface area contributed by atoms with E-state index in [2.05, 4.69) is 0 Å². The van der Waals surface area contributed by atoms with Crippen LogP contribution in [-0.2, 0) is 4.79 Å². The van der Waals surface area contributed by atoms with Crippen molar-refractivity contribution >= 4 is 5.97 Å². The molecule has 0 radical (unpaired) electrons. The van der Waals surface area contributed by atoms with Crippen molar-refractivity contribution in [3.63, 3.8) is 0 Å². The first-order valence-corrected chi connectivity index (χ1v) is 3.84. The minimum atomic E-state index is -0.742. The molecule has 0 rings (SSSR count). The number of carboxylic acid groups (broad SMARTS) is 1. The van der Waals surface area contributed by atoms with Crippen molar-refractivity contribution in [1.29, 1.82) is 0 Å². The number of nitrogens with two attached hydrogens (primary N) is 1. The van der Waals surface area contributed by atoms with E-state index in [1.807, 2.05) is 12.2 Å². The van der Waals surface area contributed by atoms with E-state index in [-0.39, 0.29) is 6.42 Å². The van der Waals surface area contributed by atoms with E-state index < -0.39 is 5.97 Å². The molecule has 3 heteroatoms. The predicted octanol–water partition coefficient (Wildman–Crippen LogP) is 1.15. The van der Waals surface area contributed by atoms with Crippen LogP contribution in [0.15, 0.2) is 12.2 Å². The number of carboxylic acids is 1. The van der Waals surface area contributed by atoms with Gasteiger partial charge in [-0.2, -0.15) is 0 Å². The third-order valence-corrected chi connectivity index (χ3v) is 1.27. The van der Waals surface area contributed by atoms with Crippen LogP contribution in [0.2, 0.25) is 0 Å². The Morgan fingerprint density at radius 1 is 1.36 bits per heavy atom. The van der Waals surface area contributed by atoms with Gasteiger partial charge in [0.05, 0.1) is 0 Å². The van der Waals surface area contributed by atoms with Gasteiger partial charge in [-0.15, -0.1) is 0 Å². The maximum absolute atomic E-state index is 10.0. The minimum absolute atomic E-state index is 0.221. The van der Waals surface area contributed by atoms with E-state index in [0.29, 0.717) is 13.0 Å². The van der Waals surface area contributed by atoms with Crippen LogP contribution in [0.4, 0.5) is 0 Å². The largest absolute Gasteiger partial charge is 0.481 e. The normalized spacial score (nSPS) is 10.6. The second-order valence-corrected chi connectivity index (χ2v) is 2.33. The van der Waals surface area contributed by atoms with Crippen LogP contribution in [0.5, 0.6) is 0 Å². The highest BCUT2D eigenvalue weighted by Gasteiger charge is 1.90. The summed E-state index contributed by atoms with van der Waals surface area (Å²) in [5.41, 5.74) is 5.26. The molecular weight excluding hydrogens is 142 g/mol. The molecule has 0 aromatic rings. The van der Waals surface area contributed by atoms with Gasteiger partial charge in [-0.05, 0) is 25.8 Å². The van der Waals surface area contributed by atoms with Gasteiger partial charge in [-0.3, -0.25) is 4.79 Å². The third kappa shape index (κ3) is 9.17. The third-order valence-electron chi connectivity index (χ3n) is 1.27. The minimum Gasteiger partial charge on any atom is -0.481 e. The molecule has 0 spiro atoms. The molecule has 0 heterocycles. The van der Waals surface area contributed by atoms with Crippen molar-refractivity contribution in [3.8, 4) is 0 Å². The molecule has 11 heavy (non-hydrogen) atoms. The van der Waals surface area contributed by atoms with Gasteiger partial charge in [0.2, 0.25) is 0 Å². The zero-order valence-electron chi connectivity index (χ0n) is 6.62. The molecule has 64 valence electrons. The van der Waals surface area contributed by atoms with Crippen molar-refractivity contribution in [3.05, 3.63) is 12.2 Å². The fraction of sp³-hybridized carbons (Fsp3) is 0.625. The van der Waals surface area contributed by atoms with Crippen LogP contribution >= 0.6 is 0 Å². The molecule has 0 aliphatic heterocycles. The Morgan fingerprint density at radius 2 is 2.00 bits per heavy atom. The van der Waals surface area contributed by atoms with Gasteiger partial charge in [0.15, 0.2) is 0 Å². The zero-order chi connectivity index (χ0) is 8.53. The van der Waals surface area contributed by atoms with Crippen molar-refractivity contribution in [2.45, 2.75) is 25.7 Å². The van der Waals surface area contributed by atoms with Gasteiger partial charge < -0.3 is 10.8 Å². The Bertz CT molecular complexity index is 132. The van der Waals surface area contributed by atoms with Crippen molar-refractivity contribution in [1.82, 2.24) is 0 Å². The average molecular weight is 157 g/mol. The summed E-state index contributed by atoms with van der Waals surface area (Å²) in [6, 6.07) is 0. The molecule has 0 unspecified atom stereocenters. The Morgan fingerprint density at radius 3 is 2.55 bits per heavy atom. The maximum Gasteiger partial charge on any atom is 0.303 e. The van der Waals surface area contributed by atoms with E-state index in [4.69, 9.17) is 10.8 Å². The molecule has 3 N–H and O–H groups in total. The Balaban J connectivity index is 3.10. The van der Waals surface area contributed by atoms with Crippen LogP contribution in [0.1, 0.15) is 25.7 Å². The summed E-state index contributed by atoms with van der Waals surface area (Å²) >= 11 is 0. The second kappa shape index (κ2) is 7.28. The van der Waals surface area contributed by atoms with Crippen molar-refractivity contribution in [2.75, 3.05) is 6.54 Å². The van der Waals surface area contributed by atoms with E-state index in [0.717, 1.165) is 12.8 Å². The standard InChI is InChI=1S/C8H15NO2/c9-7-5-3-1-2-4-6-8(10)11/h1-2H,3-7,9H2,(H,10,11)/b2-1-. The topological polar surface area (TPSA) is 63.3 Å². The maximum atomic E-state index is 10.0. The van der Waals surface area contributed by atoms with Crippen LogP contribution in [0.25, 0.3) is 0 Å². The number of aliphatic carboxylic acids is 1. The molecule has 3 nitrogen and oxygen atoms in total. The molecule has 0 atom stereocenters. The second-order valence-electron chi connectivity index (χ2n) is 2.33. The van der Waals surface area contributed by atoms with Gasteiger partial charge in [0.1, 0.15) is 0 Å². The lowest BCUT2D eigenvalue weighted by Crippen LogP contribution is -1.96. The number of carbonyl (C=O) groups is 1. The first kappa shape index (κ1) is 10.2. The summed E-state index contributed by atoms with van der Waals surface area (Å²) in [6.45, 7) is 0.698. The van der Waals surface area contributed by atoms with E-state index in [9.17, 15) is 4.79 Å². The molecule has 0 saturated heterocycles. The molecular formula is C8H15NO2. The van der Waals surface area contributed by atoms with Crippen molar-refractivity contribution in [2.24, 2.45) is 5.73 Å². The first-order chi connectivity index (χ1) is 5.27. The van der Waals surface area contributed by atoms with Gasteiger partial charge >= 0.3 is 5.97 Å². The molecule has 0 saturated carbocycles. The van der Waals surface area contributed by atoms with Gasteiger partial charge in [0, 0.05) is 6.42 Å². The lowest BCUT2D eigenvalue weighted by atomic mass is 10.2. The monoisotopic (exact) mass is 157 g/mol. The van der Waals surface area contributed by atoms with Crippen molar-refractivity contribution < 1.29 is 9.90 Å². The van der Waals surface area contributed by atoms with Gasteiger partial charge in [0.25, 0.3) is 0 Å². The fourth-order valence-electron chi connectivity index (χ4n) is 0.678. The first-order valence-electron chi connectivity index (χ1n) is 3.84. The summed E-state index contributed by atoms with van der Waals surface area (Å²) in [7, 11) is 0. The highest BCUT2D eigenvalue weighted by molar-refractivity contribution is 5.66.